The van der Waals surface area contributed by atoms with Crippen LogP contribution in [0, 0.1) is 12.3 Å². The highest BCUT2D eigenvalue weighted by Crippen LogP contribution is 2.32. The molecule has 0 bridgehead atoms. The van der Waals surface area contributed by atoms with Gasteiger partial charge in [-0.15, -0.1) is 0 Å². The van der Waals surface area contributed by atoms with Crippen molar-refractivity contribution in [3.8, 4) is 0 Å². The van der Waals surface area contributed by atoms with Crippen molar-refractivity contribution in [3.63, 3.8) is 0 Å². The zero-order valence-corrected chi connectivity index (χ0v) is 9.48. The summed E-state index contributed by atoms with van der Waals surface area (Å²) < 4.78 is 4.88. The molecule has 0 radical (unpaired) electrons. The standard InChI is InChI=1S/C10H13N3O3/c1-6-11-7(16-12-6)5-13-8(14)4-10(2,3)9(13)15/h4-5H2,1-3H3. The Morgan fingerprint density at radius 2 is 2.12 bits per heavy atom. The van der Waals surface area contributed by atoms with E-state index in [1.54, 1.807) is 20.8 Å². The van der Waals surface area contributed by atoms with E-state index >= 15 is 0 Å². The van der Waals surface area contributed by atoms with Gasteiger partial charge in [-0.2, -0.15) is 4.98 Å². The van der Waals surface area contributed by atoms with Crippen LogP contribution in [0.15, 0.2) is 4.52 Å². The van der Waals surface area contributed by atoms with Crippen LogP contribution in [0.2, 0.25) is 0 Å². The summed E-state index contributed by atoms with van der Waals surface area (Å²) in [5, 5.41) is 3.61. The number of rotatable bonds is 2. The van der Waals surface area contributed by atoms with Crippen molar-refractivity contribution in [1.29, 1.82) is 0 Å². The number of imide groups is 1. The molecule has 0 saturated carbocycles. The summed E-state index contributed by atoms with van der Waals surface area (Å²) in [7, 11) is 0. The van der Waals surface area contributed by atoms with Crippen molar-refractivity contribution in [2.75, 3.05) is 0 Å². The SMILES string of the molecule is Cc1noc(CN2C(=O)CC(C)(C)C2=O)n1. The Morgan fingerprint density at radius 1 is 1.44 bits per heavy atom. The number of nitrogens with zero attached hydrogens (tertiary/aromatic N) is 3. The van der Waals surface area contributed by atoms with E-state index in [0.29, 0.717) is 5.82 Å². The molecule has 0 atom stereocenters. The van der Waals surface area contributed by atoms with Gasteiger partial charge in [0.1, 0.15) is 6.54 Å². The first-order chi connectivity index (χ1) is 7.40. The number of amides is 2. The summed E-state index contributed by atoms with van der Waals surface area (Å²) in [6.07, 6.45) is 0.235. The van der Waals surface area contributed by atoms with Crippen LogP contribution < -0.4 is 0 Å². The molecule has 86 valence electrons. The third-order valence-corrected chi connectivity index (χ3v) is 2.58. The van der Waals surface area contributed by atoms with E-state index in [1.807, 2.05) is 0 Å². The predicted octanol–water partition coefficient (Wildman–Crippen LogP) is 0.663. The molecule has 2 heterocycles. The molecule has 1 aliphatic rings. The van der Waals surface area contributed by atoms with Gasteiger partial charge in [0.25, 0.3) is 0 Å². The maximum atomic E-state index is 11.9. The second kappa shape index (κ2) is 3.40. The lowest BCUT2D eigenvalue weighted by Crippen LogP contribution is -2.32. The van der Waals surface area contributed by atoms with E-state index in [9.17, 15) is 9.59 Å². The zero-order valence-electron chi connectivity index (χ0n) is 9.48. The average Bonchev–Trinajstić information content (AvgIpc) is 2.65. The number of likely N-dealkylation sites (tertiary alicyclic amines) is 1. The highest BCUT2D eigenvalue weighted by molar-refractivity contribution is 6.05. The summed E-state index contributed by atoms with van der Waals surface area (Å²) in [5.41, 5.74) is -0.619. The van der Waals surface area contributed by atoms with E-state index in [-0.39, 0.29) is 30.7 Å². The monoisotopic (exact) mass is 223 g/mol. The molecule has 2 amide bonds. The van der Waals surface area contributed by atoms with Gasteiger partial charge in [0, 0.05) is 6.42 Å². The fourth-order valence-electron chi connectivity index (χ4n) is 1.73. The van der Waals surface area contributed by atoms with Gasteiger partial charge < -0.3 is 4.52 Å². The van der Waals surface area contributed by atoms with Gasteiger partial charge in [0.15, 0.2) is 5.82 Å². The first-order valence-electron chi connectivity index (χ1n) is 5.04. The molecular formula is C10H13N3O3. The van der Waals surface area contributed by atoms with Gasteiger partial charge in [0.05, 0.1) is 5.41 Å². The van der Waals surface area contributed by atoms with Gasteiger partial charge in [-0.3, -0.25) is 14.5 Å². The third kappa shape index (κ3) is 1.70. The Labute approximate surface area is 92.6 Å². The third-order valence-electron chi connectivity index (χ3n) is 2.58. The highest BCUT2D eigenvalue weighted by atomic mass is 16.5. The number of hydrogen-bond donors (Lipinski definition) is 0. The second-order valence-electron chi connectivity index (χ2n) is 4.58. The molecule has 0 aliphatic carbocycles. The Balaban J connectivity index is 2.17. The fourth-order valence-corrected chi connectivity index (χ4v) is 1.73. The molecule has 1 saturated heterocycles. The summed E-state index contributed by atoms with van der Waals surface area (Å²) in [4.78, 5) is 28.6. The van der Waals surface area contributed by atoms with Crippen LogP contribution in [-0.2, 0) is 16.1 Å². The summed E-state index contributed by atoms with van der Waals surface area (Å²) in [6.45, 7) is 5.27. The number of carbonyl (C=O) groups excluding carboxylic acids is 2. The molecule has 1 aliphatic heterocycles. The molecule has 0 unspecified atom stereocenters. The molecule has 1 aromatic heterocycles. The molecule has 0 spiro atoms. The maximum absolute atomic E-state index is 11.9. The van der Waals surface area contributed by atoms with Crippen LogP contribution in [0.25, 0.3) is 0 Å². The number of aryl methyl sites for hydroxylation is 1. The van der Waals surface area contributed by atoms with Gasteiger partial charge in [-0.25, -0.2) is 0 Å². The first kappa shape index (κ1) is 10.8. The number of aromatic nitrogens is 2. The maximum Gasteiger partial charge on any atom is 0.246 e. The molecule has 0 aromatic carbocycles. The van der Waals surface area contributed by atoms with Crippen LogP contribution in [0.5, 0.6) is 0 Å². The van der Waals surface area contributed by atoms with E-state index in [4.69, 9.17) is 4.52 Å². The lowest BCUT2D eigenvalue weighted by molar-refractivity contribution is -0.141. The van der Waals surface area contributed by atoms with Crippen molar-refractivity contribution in [2.45, 2.75) is 33.7 Å². The number of carbonyl (C=O) groups is 2. The van der Waals surface area contributed by atoms with Crippen LogP contribution in [0.4, 0.5) is 0 Å². The van der Waals surface area contributed by atoms with Crippen molar-refractivity contribution < 1.29 is 14.1 Å². The van der Waals surface area contributed by atoms with Crippen LogP contribution in [0.1, 0.15) is 32.0 Å². The summed E-state index contributed by atoms with van der Waals surface area (Å²) in [6, 6.07) is 0. The Bertz CT molecular complexity index is 450. The molecular weight excluding hydrogens is 210 g/mol. The molecule has 2 rings (SSSR count). The Hall–Kier alpha value is -1.72. The topological polar surface area (TPSA) is 76.3 Å². The van der Waals surface area contributed by atoms with Crippen LogP contribution >= 0.6 is 0 Å². The van der Waals surface area contributed by atoms with E-state index < -0.39 is 5.41 Å². The number of hydrogen-bond acceptors (Lipinski definition) is 5. The normalized spacial score (nSPS) is 19.6. The van der Waals surface area contributed by atoms with Crippen molar-refractivity contribution in [3.05, 3.63) is 11.7 Å². The van der Waals surface area contributed by atoms with E-state index in [1.165, 1.54) is 4.90 Å². The Morgan fingerprint density at radius 3 is 2.56 bits per heavy atom. The highest BCUT2D eigenvalue weighted by Gasteiger charge is 2.45. The molecule has 1 aromatic rings. The second-order valence-corrected chi connectivity index (χ2v) is 4.58. The zero-order chi connectivity index (χ0) is 11.9. The minimum Gasteiger partial charge on any atom is -0.337 e. The predicted molar refractivity (Wildman–Crippen MR) is 53.0 cm³/mol. The molecule has 0 N–H and O–H groups in total. The summed E-state index contributed by atoms with van der Waals surface area (Å²) in [5.74, 6) is 0.407. The molecule has 16 heavy (non-hydrogen) atoms. The smallest absolute Gasteiger partial charge is 0.246 e. The van der Waals surface area contributed by atoms with Gasteiger partial charge in [-0.1, -0.05) is 19.0 Å². The van der Waals surface area contributed by atoms with Crippen LogP contribution in [-0.4, -0.2) is 26.9 Å². The first-order valence-corrected chi connectivity index (χ1v) is 5.04. The molecule has 1 fully saturated rings. The minimum absolute atomic E-state index is 0.0714. The Kier molecular flexibility index (Phi) is 2.29. The fraction of sp³-hybridized carbons (Fsp3) is 0.600. The lowest BCUT2D eigenvalue weighted by atomic mass is 9.92. The van der Waals surface area contributed by atoms with E-state index in [0.717, 1.165) is 0 Å². The van der Waals surface area contributed by atoms with Gasteiger partial charge in [0.2, 0.25) is 17.7 Å². The molecule has 6 heteroatoms. The van der Waals surface area contributed by atoms with Gasteiger partial charge >= 0.3 is 0 Å². The van der Waals surface area contributed by atoms with Crippen molar-refractivity contribution in [2.24, 2.45) is 5.41 Å². The van der Waals surface area contributed by atoms with E-state index in [2.05, 4.69) is 10.1 Å². The van der Waals surface area contributed by atoms with Crippen molar-refractivity contribution in [1.82, 2.24) is 15.0 Å². The average molecular weight is 223 g/mol. The van der Waals surface area contributed by atoms with Crippen molar-refractivity contribution >= 4 is 11.8 Å². The minimum atomic E-state index is -0.619. The largest absolute Gasteiger partial charge is 0.337 e. The molecule has 6 nitrogen and oxygen atoms in total. The lowest BCUT2D eigenvalue weighted by Gasteiger charge is -2.15. The van der Waals surface area contributed by atoms with Gasteiger partial charge in [-0.05, 0) is 6.92 Å². The summed E-state index contributed by atoms with van der Waals surface area (Å²) >= 11 is 0. The quantitative estimate of drug-likeness (QED) is 0.688. The van der Waals surface area contributed by atoms with Crippen LogP contribution in [0.3, 0.4) is 0 Å².